The smallest absolute Gasteiger partial charge is 0.257 e. The van der Waals surface area contributed by atoms with E-state index < -0.39 is 5.60 Å². The maximum absolute atomic E-state index is 12.7. The topological polar surface area (TPSA) is 97.2 Å². The lowest BCUT2D eigenvalue weighted by Gasteiger charge is -2.18. The number of rotatable bonds is 6. The molecule has 30 heavy (non-hydrogen) atoms. The Balaban J connectivity index is 1.46. The molecule has 1 amide bonds. The Labute approximate surface area is 177 Å². The first kappa shape index (κ1) is 19.9. The second kappa shape index (κ2) is 8.17. The van der Waals surface area contributed by atoms with E-state index in [1.165, 1.54) is 0 Å². The van der Waals surface area contributed by atoms with Gasteiger partial charge in [-0.15, -0.1) is 0 Å². The van der Waals surface area contributed by atoms with Crippen molar-refractivity contribution in [2.45, 2.75) is 26.0 Å². The number of nitrogens with zero attached hydrogens (tertiary/aromatic N) is 3. The molecule has 8 heteroatoms. The Morgan fingerprint density at radius 2 is 1.87 bits per heavy atom. The van der Waals surface area contributed by atoms with Gasteiger partial charge in [-0.05, 0) is 49.2 Å². The maximum Gasteiger partial charge on any atom is 0.257 e. The van der Waals surface area contributed by atoms with E-state index >= 15 is 0 Å². The number of ether oxygens (including phenoxy) is 1. The van der Waals surface area contributed by atoms with Gasteiger partial charge in [-0.25, -0.2) is 4.98 Å². The maximum atomic E-state index is 12.7. The van der Waals surface area contributed by atoms with E-state index in [-0.39, 0.29) is 11.8 Å². The monoisotopic (exact) mass is 420 g/mol. The number of pyridine rings is 1. The third-order valence-electron chi connectivity index (χ3n) is 4.57. The van der Waals surface area contributed by atoms with Crippen LogP contribution in [0.25, 0.3) is 11.0 Å². The van der Waals surface area contributed by atoms with Crippen LogP contribution < -0.4 is 10.1 Å². The number of benzene rings is 2. The minimum Gasteiger partial charge on any atom is -0.438 e. The van der Waals surface area contributed by atoms with E-state index in [1.807, 2.05) is 30.3 Å². The molecule has 0 aliphatic heterocycles. The van der Waals surface area contributed by atoms with Crippen LogP contribution in [0.4, 0.5) is 0 Å². The van der Waals surface area contributed by atoms with Crippen LogP contribution in [0.5, 0.6) is 11.6 Å². The number of fused-ring (bicyclic) bond motifs is 1. The fraction of sp³-hybridized carbons (Fsp3) is 0.182. The standard InChI is InChI=1S/C22H20N4O3S/c1-22(2,28)15-7-5-14(6-8-15)13-24-20(27)17-4-3-11-23-21(17)29-16-9-10-18-19(12-16)26-30-25-18/h3-12,28H,13H2,1-2H3,(H,24,27). The van der Waals surface area contributed by atoms with Crippen molar-refractivity contribution in [3.8, 4) is 11.6 Å². The molecular formula is C22H20N4O3S. The average Bonchev–Trinajstić information content (AvgIpc) is 3.20. The molecule has 2 aromatic heterocycles. The van der Waals surface area contributed by atoms with Gasteiger partial charge in [-0.3, -0.25) is 4.79 Å². The van der Waals surface area contributed by atoms with Gasteiger partial charge in [0.15, 0.2) is 0 Å². The van der Waals surface area contributed by atoms with Gasteiger partial charge in [-0.2, -0.15) is 8.75 Å². The fourth-order valence-electron chi connectivity index (χ4n) is 2.89. The largest absolute Gasteiger partial charge is 0.438 e. The van der Waals surface area contributed by atoms with Crippen molar-refractivity contribution >= 4 is 28.7 Å². The predicted molar refractivity (Wildman–Crippen MR) is 115 cm³/mol. The number of nitrogens with one attached hydrogen (secondary N) is 1. The molecule has 0 saturated carbocycles. The summed E-state index contributed by atoms with van der Waals surface area (Å²) in [5.74, 6) is 0.459. The average molecular weight is 420 g/mol. The Morgan fingerprint density at radius 3 is 2.63 bits per heavy atom. The highest BCUT2D eigenvalue weighted by atomic mass is 32.1. The van der Waals surface area contributed by atoms with Crippen molar-refractivity contribution in [1.29, 1.82) is 0 Å². The zero-order valence-corrected chi connectivity index (χ0v) is 17.3. The minimum atomic E-state index is -0.901. The number of carbonyl (C=O) groups is 1. The van der Waals surface area contributed by atoms with Crippen molar-refractivity contribution in [2.75, 3.05) is 0 Å². The lowest BCUT2D eigenvalue weighted by molar-refractivity contribution is 0.0785. The number of aromatic nitrogens is 3. The summed E-state index contributed by atoms with van der Waals surface area (Å²) in [6.45, 7) is 3.81. The van der Waals surface area contributed by atoms with Crippen LogP contribution in [0.15, 0.2) is 60.8 Å². The first-order chi connectivity index (χ1) is 14.4. The summed E-state index contributed by atoms with van der Waals surface area (Å²) < 4.78 is 14.2. The Bertz CT molecular complexity index is 1180. The van der Waals surface area contributed by atoms with E-state index in [1.54, 1.807) is 44.3 Å². The molecular weight excluding hydrogens is 400 g/mol. The van der Waals surface area contributed by atoms with E-state index in [2.05, 4.69) is 19.0 Å². The first-order valence-electron chi connectivity index (χ1n) is 9.35. The Kier molecular flexibility index (Phi) is 5.43. The second-order valence-corrected chi connectivity index (χ2v) is 7.84. The molecule has 0 aliphatic rings. The summed E-state index contributed by atoms with van der Waals surface area (Å²) in [6, 6.07) is 16.2. The van der Waals surface area contributed by atoms with E-state index in [0.29, 0.717) is 17.9 Å². The molecule has 0 spiro atoms. The van der Waals surface area contributed by atoms with Crippen LogP contribution in [-0.2, 0) is 12.1 Å². The normalized spacial score (nSPS) is 11.4. The van der Waals surface area contributed by atoms with Crippen LogP contribution in [0, 0.1) is 0 Å². The van der Waals surface area contributed by atoms with E-state index in [9.17, 15) is 9.90 Å². The fourth-order valence-corrected chi connectivity index (χ4v) is 3.41. The zero-order valence-electron chi connectivity index (χ0n) is 16.5. The van der Waals surface area contributed by atoms with E-state index in [4.69, 9.17) is 4.74 Å². The summed E-state index contributed by atoms with van der Waals surface area (Å²) in [4.78, 5) is 16.9. The molecule has 4 aromatic rings. The van der Waals surface area contributed by atoms with Crippen LogP contribution in [-0.4, -0.2) is 24.7 Å². The molecule has 2 aromatic carbocycles. The highest BCUT2D eigenvalue weighted by Crippen LogP contribution is 2.26. The van der Waals surface area contributed by atoms with Gasteiger partial charge in [0.25, 0.3) is 5.91 Å². The summed E-state index contributed by atoms with van der Waals surface area (Å²) in [6.07, 6.45) is 1.57. The lowest BCUT2D eigenvalue weighted by atomic mass is 9.97. The second-order valence-electron chi connectivity index (χ2n) is 7.31. The molecule has 2 N–H and O–H groups in total. The molecule has 0 radical (unpaired) electrons. The highest BCUT2D eigenvalue weighted by molar-refractivity contribution is 7.00. The van der Waals surface area contributed by atoms with Gasteiger partial charge < -0.3 is 15.2 Å². The predicted octanol–water partition coefficient (Wildman–Crippen LogP) is 4.04. The minimum absolute atomic E-state index is 0.218. The van der Waals surface area contributed by atoms with Crippen molar-refractivity contribution in [3.05, 3.63) is 77.5 Å². The summed E-state index contributed by atoms with van der Waals surface area (Å²) in [7, 11) is 0. The summed E-state index contributed by atoms with van der Waals surface area (Å²) in [5, 5.41) is 12.9. The Morgan fingerprint density at radius 1 is 1.10 bits per heavy atom. The van der Waals surface area contributed by atoms with Crippen LogP contribution in [0.2, 0.25) is 0 Å². The van der Waals surface area contributed by atoms with Crippen molar-refractivity contribution in [1.82, 2.24) is 19.0 Å². The van der Waals surface area contributed by atoms with Crippen LogP contribution >= 0.6 is 11.7 Å². The molecule has 4 rings (SSSR count). The summed E-state index contributed by atoms with van der Waals surface area (Å²) in [5.41, 5.74) is 2.69. The highest BCUT2D eigenvalue weighted by Gasteiger charge is 2.17. The SMILES string of the molecule is CC(C)(O)c1ccc(CNC(=O)c2cccnc2Oc2ccc3nsnc3c2)cc1. The molecule has 0 bridgehead atoms. The molecule has 0 aliphatic carbocycles. The van der Waals surface area contributed by atoms with Crippen molar-refractivity contribution in [2.24, 2.45) is 0 Å². The number of aliphatic hydroxyl groups is 1. The number of hydrogen-bond donors (Lipinski definition) is 2. The summed E-state index contributed by atoms with van der Waals surface area (Å²) >= 11 is 1.13. The number of hydrogen-bond acceptors (Lipinski definition) is 7. The Hall–Kier alpha value is -3.36. The number of amides is 1. The van der Waals surface area contributed by atoms with Crippen LogP contribution in [0.1, 0.15) is 35.3 Å². The lowest BCUT2D eigenvalue weighted by Crippen LogP contribution is -2.23. The number of carbonyl (C=O) groups excluding carboxylic acids is 1. The quantitative estimate of drug-likeness (QED) is 0.489. The molecule has 0 atom stereocenters. The molecule has 0 saturated heterocycles. The van der Waals surface area contributed by atoms with Crippen LogP contribution in [0.3, 0.4) is 0 Å². The molecule has 2 heterocycles. The van der Waals surface area contributed by atoms with Gasteiger partial charge in [0.2, 0.25) is 5.88 Å². The van der Waals surface area contributed by atoms with Gasteiger partial charge in [0.05, 0.1) is 17.3 Å². The molecule has 7 nitrogen and oxygen atoms in total. The van der Waals surface area contributed by atoms with Gasteiger partial charge in [0.1, 0.15) is 22.3 Å². The van der Waals surface area contributed by atoms with Gasteiger partial charge in [0, 0.05) is 18.8 Å². The third kappa shape index (κ3) is 4.45. The van der Waals surface area contributed by atoms with E-state index in [0.717, 1.165) is 33.9 Å². The third-order valence-corrected chi connectivity index (χ3v) is 5.13. The molecule has 152 valence electrons. The first-order valence-corrected chi connectivity index (χ1v) is 10.1. The van der Waals surface area contributed by atoms with Crippen molar-refractivity contribution < 1.29 is 14.6 Å². The zero-order chi connectivity index (χ0) is 21.1. The molecule has 0 unspecified atom stereocenters. The van der Waals surface area contributed by atoms with Gasteiger partial charge >= 0.3 is 0 Å². The van der Waals surface area contributed by atoms with Gasteiger partial charge in [-0.1, -0.05) is 24.3 Å². The molecule has 0 fully saturated rings. The van der Waals surface area contributed by atoms with Crippen molar-refractivity contribution in [3.63, 3.8) is 0 Å².